The molecule has 0 aliphatic heterocycles. The van der Waals surface area contributed by atoms with Crippen LogP contribution in [0, 0.1) is 20.8 Å². The van der Waals surface area contributed by atoms with Gasteiger partial charge in [-0.1, -0.05) is 29.8 Å². The number of nitrogens with one attached hydrogen (secondary N) is 1. The molecular weight excluding hydrogens is 304 g/mol. The molecule has 0 saturated heterocycles. The number of carbonyl (C=O) groups is 2. The first kappa shape index (κ1) is 17.5. The lowest BCUT2D eigenvalue weighted by Crippen LogP contribution is -2.25. The van der Waals surface area contributed by atoms with Crippen LogP contribution in [0.4, 0.5) is 0 Å². The van der Waals surface area contributed by atoms with Crippen LogP contribution in [0.3, 0.4) is 0 Å². The van der Waals surface area contributed by atoms with E-state index in [9.17, 15) is 9.59 Å². The average Bonchev–Trinajstić information content (AvgIpc) is 2.52. The lowest BCUT2D eigenvalue weighted by Gasteiger charge is -2.14. The lowest BCUT2D eigenvalue weighted by atomic mass is 10.00. The van der Waals surface area contributed by atoms with E-state index in [0.717, 1.165) is 16.7 Å². The van der Waals surface area contributed by atoms with Crippen molar-refractivity contribution in [2.75, 3.05) is 6.61 Å². The molecule has 0 radical (unpaired) electrons. The summed E-state index contributed by atoms with van der Waals surface area (Å²) in [4.78, 5) is 23.3. The quantitative estimate of drug-likeness (QED) is 0.855. The third kappa shape index (κ3) is 4.35. The van der Waals surface area contributed by atoms with Gasteiger partial charge < -0.3 is 15.8 Å². The van der Waals surface area contributed by atoms with Gasteiger partial charge in [0.05, 0.1) is 5.56 Å². The average molecular weight is 326 g/mol. The zero-order chi connectivity index (χ0) is 17.7. The van der Waals surface area contributed by atoms with Crippen LogP contribution in [-0.2, 0) is 11.3 Å². The number of nitrogens with two attached hydrogens (primary N) is 1. The second kappa shape index (κ2) is 7.64. The molecule has 0 bridgehead atoms. The van der Waals surface area contributed by atoms with E-state index < -0.39 is 5.91 Å². The molecule has 0 saturated carbocycles. The van der Waals surface area contributed by atoms with Gasteiger partial charge in [0, 0.05) is 6.54 Å². The molecule has 2 rings (SSSR count). The minimum atomic E-state index is -0.587. The van der Waals surface area contributed by atoms with Crippen LogP contribution in [0.15, 0.2) is 36.4 Å². The topological polar surface area (TPSA) is 81.4 Å². The maximum Gasteiger partial charge on any atom is 0.255 e. The van der Waals surface area contributed by atoms with Gasteiger partial charge in [-0.25, -0.2) is 0 Å². The highest BCUT2D eigenvalue weighted by molar-refractivity contribution is 5.97. The highest BCUT2D eigenvalue weighted by atomic mass is 16.5. The van der Waals surface area contributed by atoms with Gasteiger partial charge in [-0.2, -0.15) is 0 Å². The van der Waals surface area contributed by atoms with E-state index in [2.05, 4.69) is 24.4 Å². The Bertz CT molecular complexity index is 746. The first-order valence-corrected chi connectivity index (χ1v) is 7.73. The van der Waals surface area contributed by atoms with E-state index in [1.165, 1.54) is 5.56 Å². The van der Waals surface area contributed by atoms with E-state index in [1.807, 2.05) is 13.8 Å². The number of hydrogen-bond acceptors (Lipinski definition) is 3. The van der Waals surface area contributed by atoms with Crippen LogP contribution in [0.5, 0.6) is 5.75 Å². The van der Waals surface area contributed by atoms with Gasteiger partial charge in [0.2, 0.25) is 0 Å². The van der Waals surface area contributed by atoms with Gasteiger partial charge >= 0.3 is 0 Å². The molecule has 126 valence electrons. The number of amides is 2. The Morgan fingerprint density at radius 2 is 1.71 bits per heavy atom. The van der Waals surface area contributed by atoms with Crippen LogP contribution in [-0.4, -0.2) is 18.4 Å². The molecule has 5 nitrogen and oxygen atoms in total. The van der Waals surface area contributed by atoms with Gasteiger partial charge in [-0.3, -0.25) is 9.59 Å². The first-order chi connectivity index (χ1) is 11.4. The second-order valence-electron chi connectivity index (χ2n) is 5.81. The van der Waals surface area contributed by atoms with Gasteiger partial charge in [0.15, 0.2) is 6.61 Å². The molecule has 3 N–H and O–H groups in total. The van der Waals surface area contributed by atoms with E-state index in [4.69, 9.17) is 10.5 Å². The molecule has 2 amide bonds. The molecule has 0 heterocycles. The summed E-state index contributed by atoms with van der Waals surface area (Å²) in [5.41, 5.74) is 10.0. The zero-order valence-electron chi connectivity index (χ0n) is 14.2. The number of benzene rings is 2. The lowest BCUT2D eigenvalue weighted by molar-refractivity contribution is -0.119. The molecule has 0 spiro atoms. The van der Waals surface area contributed by atoms with Crippen molar-refractivity contribution in [3.63, 3.8) is 0 Å². The molecule has 0 unspecified atom stereocenters. The Kier molecular flexibility index (Phi) is 5.58. The van der Waals surface area contributed by atoms with Crippen molar-refractivity contribution in [2.45, 2.75) is 27.3 Å². The van der Waals surface area contributed by atoms with E-state index >= 15 is 0 Å². The molecule has 0 fully saturated rings. The number of ether oxygens (including phenoxy) is 1. The number of carbonyl (C=O) groups excluding carboxylic acids is 2. The zero-order valence-corrected chi connectivity index (χ0v) is 14.2. The molecule has 24 heavy (non-hydrogen) atoms. The van der Waals surface area contributed by atoms with Crippen molar-refractivity contribution < 1.29 is 14.3 Å². The summed E-state index contributed by atoms with van der Waals surface area (Å²) >= 11 is 0. The van der Waals surface area contributed by atoms with E-state index in [1.54, 1.807) is 24.3 Å². The first-order valence-electron chi connectivity index (χ1n) is 7.73. The molecule has 2 aromatic carbocycles. The van der Waals surface area contributed by atoms with Crippen LogP contribution >= 0.6 is 0 Å². The van der Waals surface area contributed by atoms with Gasteiger partial charge in [-0.05, 0) is 49.6 Å². The maximum absolute atomic E-state index is 12.5. The Labute approximate surface area is 141 Å². The van der Waals surface area contributed by atoms with Crippen LogP contribution < -0.4 is 15.8 Å². The number of aryl methyl sites for hydroxylation is 3. The van der Waals surface area contributed by atoms with Crippen molar-refractivity contribution >= 4 is 11.8 Å². The summed E-state index contributed by atoms with van der Waals surface area (Å²) in [6.07, 6.45) is 0. The smallest absolute Gasteiger partial charge is 0.255 e. The molecule has 5 heteroatoms. The largest absolute Gasteiger partial charge is 0.483 e. The third-order valence-electron chi connectivity index (χ3n) is 3.77. The number of hydrogen-bond donors (Lipinski definition) is 2. The highest BCUT2D eigenvalue weighted by Gasteiger charge is 2.13. The summed E-state index contributed by atoms with van der Waals surface area (Å²) in [6, 6.07) is 11.0. The van der Waals surface area contributed by atoms with E-state index in [-0.39, 0.29) is 12.5 Å². The third-order valence-corrected chi connectivity index (χ3v) is 3.77. The van der Waals surface area contributed by atoms with Crippen molar-refractivity contribution in [2.24, 2.45) is 5.73 Å². The molecule has 0 atom stereocenters. The fourth-order valence-electron chi connectivity index (χ4n) is 2.68. The van der Waals surface area contributed by atoms with E-state index in [0.29, 0.717) is 17.9 Å². The molecule has 0 aromatic heterocycles. The fraction of sp³-hybridized carbons (Fsp3) is 0.263. The summed E-state index contributed by atoms with van der Waals surface area (Å²) < 4.78 is 5.30. The van der Waals surface area contributed by atoms with Crippen LogP contribution in [0.1, 0.15) is 32.6 Å². The normalized spacial score (nSPS) is 10.3. The van der Waals surface area contributed by atoms with Gasteiger partial charge in [0.1, 0.15) is 5.75 Å². The SMILES string of the molecule is Cc1cc(C)c(CNC(=O)c2ccccc2OCC(N)=O)c(C)c1. The number of primary amides is 1. The monoisotopic (exact) mass is 326 g/mol. The standard InChI is InChI=1S/C19H22N2O3/c1-12-8-13(2)16(14(3)9-12)10-21-19(23)15-6-4-5-7-17(15)24-11-18(20)22/h4-9H,10-11H2,1-3H3,(H2,20,22)(H,21,23). The van der Waals surface area contributed by atoms with Crippen molar-refractivity contribution in [3.8, 4) is 5.75 Å². The Hall–Kier alpha value is -2.82. The predicted molar refractivity (Wildman–Crippen MR) is 93.0 cm³/mol. The fourth-order valence-corrected chi connectivity index (χ4v) is 2.68. The van der Waals surface area contributed by atoms with Crippen LogP contribution in [0.25, 0.3) is 0 Å². The Morgan fingerprint density at radius 1 is 1.08 bits per heavy atom. The summed E-state index contributed by atoms with van der Waals surface area (Å²) in [6.45, 7) is 6.28. The van der Waals surface area contributed by atoms with Crippen molar-refractivity contribution in [1.82, 2.24) is 5.32 Å². The maximum atomic E-state index is 12.5. The Balaban J connectivity index is 2.12. The van der Waals surface area contributed by atoms with Crippen LogP contribution in [0.2, 0.25) is 0 Å². The summed E-state index contributed by atoms with van der Waals surface area (Å²) in [5.74, 6) is -0.503. The molecule has 0 aliphatic carbocycles. The highest BCUT2D eigenvalue weighted by Crippen LogP contribution is 2.19. The molecule has 2 aromatic rings. The minimum absolute atomic E-state index is 0.255. The minimum Gasteiger partial charge on any atom is -0.483 e. The summed E-state index contributed by atoms with van der Waals surface area (Å²) in [5, 5.41) is 2.91. The second-order valence-corrected chi connectivity index (χ2v) is 5.81. The summed E-state index contributed by atoms with van der Waals surface area (Å²) in [7, 11) is 0. The number of para-hydroxylation sites is 1. The predicted octanol–water partition coefficient (Wildman–Crippen LogP) is 2.41. The number of rotatable bonds is 6. The molecule has 0 aliphatic rings. The van der Waals surface area contributed by atoms with Gasteiger partial charge in [-0.15, -0.1) is 0 Å². The Morgan fingerprint density at radius 3 is 2.33 bits per heavy atom. The van der Waals surface area contributed by atoms with Crippen molar-refractivity contribution in [1.29, 1.82) is 0 Å². The van der Waals surface area contributed by atoms with Crippen molar-refractivity contribution in [3.05, 3.63) is 64.2 Å². The molecular formula is C19H22N2O3. The van der Waals surface area contributed by atoms with Gasteiger partial charge in [0.25, 0.3) is 11.8 Å².